The first-order valence-electron chi connectivity index (χ1n) is 7.03. The average molecular weight is 270 g/mol. The molecule has 0 amide bonds. The zero-order valence-corrected chi connectivity index (χ0v) is 12.1. The van der Waals surface area contributed by atoms with Crippen LogP contribution in [0, 0.1) is 0 Å². The lowest BCUT2D eigenvalue weighted by Crippen LogP contribution is -2.45. The molecule has 2 aromatic carbocycles. The molecule has 0 fully saturated rings. The van der Waals surface area contributed by atoms with Gasteiger partial charge in [-0.15, -0.1) is 0 Å². The predicted molar refractivity (Wildman–Crippen MR) is 83.1 cm³/mol. The van der Waals surface area contributed by atoms with Crippen molar-refractivity contribution in [1.82, 2.24) is 5.43 Å². The summed E-state index contributed by atoms with van der Waals surface area (Å²) < 4.78 is 0. The quantitative estimate of drug-likeness (QED) is 0.575. The van der Waals surface area contributed by atoms with Gasteiger partial charge in [-0.05, 0) is 36.1 Å². The van der Waals surface area contributed by atoms with Gasteiger partial charge in [0.1, 0.15) is 5.75 Å². The van der Waals surface area contributed by atoms with E-state index in [1.54, 1.807) is 6.07 Å². The molecule has 4 N–H and O–H groups in total. The van der Waals surface area contributed by atoms with Crippen LogP contribution >= 0.6 is 0 Å². The second-order valence-corrected chi connectivity index (χ2v) is 5.03. The molecule has 106 valence electrons. The summed E-state index contributed by atoms with van der Waals surface area (Å²) in [5.74, 6) is 6.04. The van der Waals surface area contributed by atoms with Crippen molar-refractivity contribution in [2.24, 2.45) is 5.84 Å². The van der Waals surface area contributed by atoms with Gasteiger partial charge in [-0.3, -0.25) is 5.84 Å². The van der Waals surface area contributed by atoms with Gasteiger partial charge in [0.15, 0.2) is 0 Å². The Hall–Kier alpha value is -1.84. The van der Waals surface area contributed by atoms with Crippen LogP contribution in [0.3, 0.4) is 0 Å². The van der Waals surface area contributed by atoms with E-state index in [1.165, 1.54) is 0 Å². The maximum absolute atomic E-state index is 10.2. The van der Waals surface area contributed by atoms with E-state index in [1.807, 2.05) is 30.3 Å². The normalized spacial score (nSPS) is 11.6. The van der Waals surface area contributed by atoms with Gasteiger partial charge in [0, 0.05) is 5.56 Å². The van der Waals surface area contributed by atoms with E-state index < -0.39 is 5.54 Å². The lowest BCUT2D eigenvalue weighted by atomic mass is 9.83. The molecule has 0 saturated carbocycles. The highest BCUT2D eigenvalue weighted by atomic mass is 16.3. The maximum atomic E-state index is 10.2. The number of hydrogen-bond donors (Lipinski definition) is 3. The summed E-state index contributed by atoms with van der Waals surface area (Å²) in [5.41, 5.74) is 5.56. The highest BCUT2D eigenvalue weighted by Gasteiger charge is 2.29. The number of nitrogens with one attached hydrogen (secondary N) is 1. The monoisotopic (exact) mass is 270 g/mol. The fraction of sp³-hybridized carbons (Fsp3) is 0.294. The van der Waals surface area contributed by atoms with Crippen molar-refractivity contribution in [3.63, 3.8) is 0 Å². The van der Waals surface area contributed by atoms with Crippen molar-refractivity contribution < 1.29 is 5.11 Å². The van der Waals surface area contributed by atoms with Gasteiger partial charge in [0.25, 0.3) is 0 Å². The molecule has 2 rings (SSSR count). The van der Waals surface area contributed by atoms with E-state index in [-0.39, 0.29) is 5.75 Å². The number of nitrogens with two attached hydrogens (primary N) is 1. The third-order valence-electron chi connectivity index (χ3n) is 4.10. The lowest BCUT2D eigenvalue weighted by Gasteiger charge is -2.32. The highest BCUT2D eigenvalue weighted by Crippen LogP contribution is 2.36. The van der Waals surface area contributed by atoms with Gasteiger partial charge in [-0.25, -0.2) is 5.43 Å². The average Bonchev–Trinajstić information content (AvgIpc) is 2.52. The molecule has 0 unspecified atom stereocenters. The summed E-state index contributed by atoms with van der Waals surface area (Å²) in [6.45, 7) is 4.13. The molecule has 0 aliphatic carbocycles. The summed E-state index contributed by atoms with van der Waals surface area (Å²) >= 11 is 0. The molecule has 0 aliphatic rings. The van der Waals surface area contributed by atoms with Crippen LogP contribution in [0.1, 0.15) is 32.3 Å². The van der Waals surface area contributed by atoms with Crippen LogP contribution in [-0.4, -0.2) is 5.11 Å². The van der Waals surface area contributed by atoms with E-state index in [9.17, 15) is 5.11 Å². The number of rotatable bonds is 5. The second kappa shape index (κ2) is 6.07. The molecule has 20 heavy (non-hydrogen) atoms. The van der Waals surface area contributed by atoms with Crippen LogP contribution in [0.15, 0.2) is 48.5 Å². The molecule has 2 aromatic rings. The Morgan fingerprint density at radius 3 is 2.20 bits per heavy atom. The zero-order valence-electron chi connectivity index (χ0n) is 12.1. The van der Waals surface area contributed by atoms with Crippen molar-refractivity contribution in [3.8, 4) is 16.9 Å². The Morgan fingerprint density at radius 2 is 1.65 bits per heavy atom. The van der Waals surface area contributed by atoms with Crippen LogP contribution in [0.5, 0.6) is 5.75 Å². The molecule has 0 aliphatic heterocycles. The van der Waals surface area contributed by atoms with E-state index in [4.69, 9.17) is 5.84 Å². The van der Waals surface area contributed by atoms with Crippen LogP contribution in [0.25, 0.3) is 11.1 Å². The number of phenolic OH excluding ortho intramolecular Hbond substituents is 1. The van der Waals surface area contributed by atoms with Crippen molar-refractivity contribution in [1.29, 1.82) is 0 Å². The van der Waals surface area contributed by atoms with E-state index in [2.05, 4.69) is 31.4 Å². The minimum Gasteiger partial charge on any atom is -0.508 e. The molecule has 0 aromatic heterocycles. The SMILES string of the molecule is CCC(CC)(NN)c1cc(-c2ccccc2)ccc1O. The third-order valence-corrected chi connectivity index (χ3v) is 4.10. The molecule has 0 saturated heterocycles. The van der Waals surface area contributed by atoms with E-state index in [0.29, 0.717) is 0 Å². The number of benzene rings is 2. The molecular formula is C17H22N2O. The van der Waals surface area contributed by atoms with E-state index in [0.717, 1.165) is 29.5 Å². The molecule has 0 bridgehead atoms. The van der Waals surface area contributed by atoms with Crippen molar-refractivity contribution >= 4 is 0 Å². The van der Waals surface area contributed by atoms with E-state index >= 15 is 0 Å². The Labute approximate surface area is 120 Å². The fourth-order valence-corrected chi connectivity index (χ4v) is 2.64. The number of aromatic hydroxyl groups is 1. The Balaban J connectivity index is 2.54. The molecule has 0 spiro atoms. The zero-order chi connectivity index (χ0) is 14.6. The summed E-state index contributed by atoms with van der Waals surface area (Å²) in [5, 5.41) is 10.2. The number of hydrazine groups is 1. The van der Waals surface area contributed by atoms with Crippen molar-refractivity contribution in [3.05, 3.63) is 54.1 Å². The first-order valence-corrected chi connectivity index (χ1v) is 7.03. The summed E-state index contributed by atoms with van der Waals surface area (Å²) in [4.78, 5) is 0. The highest BCUT2D eigenvalue weighted by molar-refractivity contribution is 5.66. The molecular weight excluding hydrogens is 248 g/mol. The minimum absolute atomic E-state index is 0.284. The van der Waals surface area contributed by atoms with Gasteiger partial charge >= 0.3 is 0 Å². The van der Waals surface area contributed by atoms with Crippen molar-refractivity contribution in [2.45, 2.75) is 32.2 Å². The standard InChI is InChI=1S/C17H22N2O/c1-3-17(4-2,19-18)15-12-14(10-11-16(15)20)13-8-6-5-7-9-13/h5-12,19-20H,3-4,18H2,1-2H3. The summed E-state index contributed by atoms with van der Waals surface area (Å²) in [7, 11) is 0. The molecule has 3 nitrogen and oxygen atoms in total. The van der Waals surface area contributed by atoms with Crippen LogP contribution in [0.4, 0.5) is 0 Å². The second-order valence-electron chi connectivity index (χ2n) is 5.03. The van der Waals surface area contributed by atoms with Crippen LogP contribution in [-0.2, 0) is 5.54 Å². The molecule has 0 atom stereocenters. The smallest absolute Gasteiger partial charge is 0.120 e. The number of hydrogen-bond acceptors (Lipinski definition) is 3. The fourth-order valence-electron chi connectivity index (χ4n) is 2.64. The van der Waals surface area contributed by atoms with Gasteiger partial charge in [-0.1, -0.05) is 50.2 Å². The predicted octanol–water partition coefficient (Wildman–Crippen LogP) is 3.54. The topological polar surface area (TPSA) is 58.3 Å². The largest absolute Gasteiger partial charge is 0.508 e. The first kappa shape index (κ1) is 14.6. The molecule has 0 heterocycles. The summed E-state index contributed by atoms with van der Waals surface area (Å²) in [6, 6.07) is 15.8. The molecule has 0 radical (unpaired) electrons. The number of phenols is 1. The maximum Gasteiger partial charge on any atom is 0.120 e. The van der Waals surface area contributed by atoms with Gasteiger partial charge < -0.3 is 5.11 Å². The van der Waals surface area contributed by atoms with Gasteiger partial charge in [0.2, 0.25) is 0 Å². The van der Waals surface area contributed by atoms with Crippen LogP contribution in [0.2, 0.25) is 0 Å². The Kier molecular flexibility index (Phi) is 4.42. The van der Waals surface area contributed by atoms with Crippen LogP contribution < -0.4 is 11.3 Å². The summed E-state index contributed by atoms with van der Waals surface area (Å²) in [6.07, 6.45) is 1.62. The third kappa shape index (κ3) is 2.55. The van der Waals surface area contributed by atoms with Crippen molar-refractivity contribution in [2.75, 3.05) is 0 Å². The Bertz CT molecular complexity index is 554. The lowest BCUT2D eigenvalue weighted by molar-refractivity contribution is 0.301. The molecule has 3 heteroatoms. The van der Waals surface area contributed by atoms with Gasteiger partial charge in [0.05, 0.1) is 5.54 Å². The van der Waals surface area contributed by atoms with Gasteiger partial charge in [-0.2, -0.15) is 0 Å². The minimum atomic E-state index is -0.394. The first-order chi connectivity index (χ1) is 9.66. The Morgan fingerprint density at radius 1 is 1.00 bits per heavy atom.